The predicted octanol–water partition coefficient (Wildman–Crippen LogP) is 5.45. The maximum atomic E-state index is 11.0. The van der Waals surface area contributed by atoms with Gasteiger partial charge in [0.2, 0.25) is 11.4 Å². The molecule has 0 spiro atoms. The molecule has 7 heteroatoms. The summed E-state index contributed by atoms with van der Waals surface area (Å²) in [6.07, 6.45) is 19.5. The van der Waals surface area contributed by atoms with Crippen molar-refractivity contribution < 1.29 is 14.6 Å². The number of nitro groups is 2. The van der Waals surface area contributed by atoms with Gasteiger partial charge in [0.1, 0.15) is 0 Å². The standard InChI is InChI=1S/C20H29N2O5/c1-2-19(21(24)25)16-14-17-20(22(26)27)15-12-10-8-6-4-3-5-7-9-11-13-18-23/h4,6,10,12,16-17H,2-3,5,7-9,11,13-15H2,1H3/b6-4+,12-10+,19-16-,20-17-. The van der Waals surface area contributed by atoms with E-state index < -0.39 is 9.85 Å². The van der Waals surface area contributed by atoms with Crippen LogP contribution in [0, 0.1) is 20.2 Å². The van der Waals surface area contributed by atoms with Crippen LogP contribution in [0.5, 0.6) is 0 Å². The minimum atomic E-state index is -0.463. The zero-order chi connectivity index (χ0) is 20.3. The lowest BCUT2D eigenvalue weighted by Gasteiger charge is -1.95. The Hall–Kier alpha value is -2.57. The number of unbranched alkanes of at least 4 members (excludes halogenated alkanes) is 5. The van der Waals surface area contributed by atoms with Crippen molar-refractivity contribution in [2.75, 3.05) is 0 Å². The molecule has 0 aliphatic carbocycles. The van der Waals surface area contributed by atoms with Crippen LogP contribution in [0.1, 0.15) is 71.1 Å². The Balaban J connectivity index is 4.15. The summed E-state index contributed by atoms with van der Waals surface area (Å²) in [6, 6.07) is 0. The fourth-order valence-corrected chi connectivity index (χ4v) is 2.32. The Morgan fingerprint density at radius 2 is 1.48 bits per heavy atom. The van der Waals surface area contributed by atoms with E-state index in [1.807, 2.05) is 18.4 Å². The summed E-state index contributed by atoms with van der Waals surface area (Å²) >= 11 is 0. The summed E-state index contributed by atoms with van der Waals surface area (Å²) in [4.78, 5) is 30.9. The Morgan fingerprint density at radius 1 is 0.852 bits per heavy atom. The first-order valence-corrected chi connectivity index (χ1v) is 9.34. The third-order valence-corrected chi connectivity index (χ3v) is 3.87. The molecule has 0 aromatic carbocycles. The van der Waals surface area contributed by atoms with Gasteiger partial charge in [-0.25, -0.2) is 0 Å². The molecule has 0 bridgehead atoms. The topological polar surface area (TPSA) is 103 Å². The minimum Gasteiger partial charge on any atom is -0.291 e. The van der Waals surface area contributed by atoms with Crippen molar-refractivity contribution in [1.29, 1.82) is 0 Å². The van der Waals surface area contributed by atoms with Gasteiger partial charge in [-0.3, -0.25) is 25.0 Å². The van der Waals surface area contributed by atoms with Gasteiger partial charge in [-0.2, -0.15) is 0 Å². The lowest BCUT2D eigenvalue weighted by molar-refractivity contribution is -0.428. The summed E-state index contributed by atoms with van der Waals surface area (Å²) < 4.78 is 0. The van der Waals surface area contributed by atoms with Crippen LogP contribution in [0.4, 0.5) is 0 Å². The Morgan fingerprint density at radius 3 is 2.11 bits per heavy atom. The molecule has 0 N–H and O–H groups in total. The summed E-state index contributed by atoms with van der Waals surface area (Å²) in [5, 5.41) is 21.7. The van der Waals surface area contributed by atoms with E-state index in [1.165, 1.54) is 12.2 Å². The third-order valence-electron chi connectivity index (χ3n) is 3.87. The first-order valence-electron chi connectivity index (χ1n) is 9.34. The second-order valence-corrected chi connectivity index (χ2v) is 5.97. The molecule has 0 unspecified atom stereocenters. The fraction of sp³-hybridized carbons (Fsp3) is 0.550. The van der Waals surface area contributed by atoms with Crippen LogP contribution in [0.25, 0.3) is 0 Å². The van der Waals surface area contributed by atoms with Gasteiger partial charge in [0.05, 0.1) is 16.3 Å². The Bertz CT molecular complexity index is 577. The van der Waals surface area contributed by atoms with Gasteiger partial charge in [0, 0.05) is 12.8 Å². The normalized spacial score (nSPS) is 12.8. The summed E-state index contributed by atoms with van der Waals surface area (Å²) in [6.45, 7) is 1.68. The van der Waals surface area contributed by atoms with E-state index in [2.05, 4.69) is 6.08 Å². The van der Waals surface area contributed by atoms with Crippen molar-refractivity contribution in [3.05, 3.63) is 68.1 Å². The lowest BCUT2D eigenvalue weighted by Crippen LogP contribution is -1.99. The van der Waals surface area contributed by atoms with Crippen LogP contribution in [-0.4, -0.2) is 16.1 Å². The lowest BCUT2D eigenvalue weighted by atomic mass is 10.1. The maximum absolute atomic E-state index is 11.0. The van der Waals surface area contributed by atoms with E-state index in [4.69, 9.17) is 0 Å². The zero-order valence-electron chi connectivity index (χ0n) is 16.0. The van der Waals surface area contributed by atoms with Crippen LogP contribution in [0.3, 0.4) is 0 Å². The number of carbonyl (C=O) groups excluding carboxylic acids is 1. The highest BCUT2D eigenvalue weighted by atomic mass is 16.6. The molecule has 0 heterocycles. The number of hydrogen-bond donors (Lipinski definition) is 0. The molecule has 0 aliphatic rings. The van der Waals surface area contributed by atoms with Gasteiger partial charge >= 0.3 is 0 Å². The Kier molecular flexibility index (Phi) is 15.3. The maximum Gasteiger partial charge on any atom is 0.246 e. The van der Waals surface area contributed by atoms with E-state index >= 15 is 0 Å². The van der Waals surface area contributed by atoms with Gasteiger partial charge in [-0.15, -0.1) is 0 Å². The molecule has 0 rings (SSSR count). The quantitative estimate of drug-likeness (QED) is 0.154. The average molecular weight is 377 g/mol. The predicted molar refractivity (Wildman–Crippen MR) is 106 cm³/mol. The van der Waals surface area contributed by atoms with Crippen molar-refractivity contribution in [2.24, 2.45) is 0 Å². The van der Waals surface area contributed by atoms with Crippen LogP contribution in [0.2, 0.25) is 0 Å². The van der Waals surface area contributed by atoms with Gasteiger partial charge in [-0.05, 0) is 44.3 Å². The number of rotatable bonds is 16. The average Bonchev–Trinajstić information content (AvgIpc) is 2.63. The summed E-state index contributed by atoms with van der Waals surface area (Å²) in [5.74, 6) is 0. The second kappa shape index (κ2) is 16.9. The van der Waals surface area contributed by atoms with E-state index in [9.17, 15) is 25.0 Å². The zero-order valence-corrected chi connectivity index (χ0v) is 16.0. The van der Waals surface area contributed by atoms with Crippen molar-refractivity contribution in [3.8, 4) is 0 Å². The van der Waals surface area contributed by atoms with E-state index in [0.717, 1.165) is 32.1 Å². The molecule has 0 atom stereocenters. The third kappa shape index (κ3) is 14.3. The molecule has 149 valence electrons. The molecule has 7 nitrogen and oxygen atoms in total. The smallest absolute Gasteiger partial charge is 0.246 e. The van der Waals surface area contributed by atoms with Crippen LogP contribution < -0.4 is 0 Å². The Labute approximate surface area is 160 Å². The molecule has 0 aromatic rings. The molecular formula is C20H29N2O5. The number of nitrogens with zero attached hydrogens (tertiary/aromatic N) is 2. The van der Waals surface area contributed by atoms with Gasteiger partial charge < -0.3 is 0 Å². The van der Waals surface area contributed by atoms with Crippen LogP contribution in [-0.2, 0) is 4.79 Å². The molecule has 0 saturated heterocycles. The van der Waals surface area contributed by atoms with Gasteiger partial charge in [0.25, 0.3) is 0 Å². The first-order chi connectivity index (χ1) is 13.0. The van der Waals surface area contributed by atoms with E-state index in [1.54, 1.807) is 13.0 Å². The van der Waals surface area contributed by atoms with Gasteiger partial charge in [-0.1, -0.05) is 44.1 Å². The molecule has 27 heavy (non-hydrogen) atoms. The van der Waals surface area contributed by atoms with Crippen molar-refractivity contribution in [3.63, 3.8) is 0 Å². The first kappa shape index (κ1) is 24.4. The number of allylic oxidation sites excluding steroid dienone is 7. The largest absolute Gasteiger partial charge is 0.291 e. The fourth-order valence-electron chi connectivity index (χ4n) is 2.32. The van der Waals surface area contributed by atoms with E-state index in [0.29, 0.717) is 12.8 Å². The van der Waals surface area contributed by atoms with E-state index in [-0.39, 0.29) is 30.7 Å². The molecule has 0 amide bonds. The molecule has 0 fully saturated rings. The van der Waals surface area contributed by atoms with Gasteiger partial charge in [0.15, 0.2) is 6.29 Å². The molecular weight excluding hydrogens is 348 g/mol. The molecule has 0 saturated carbocycles. The van der Waals surface area contributed by atoms with Crippen LogP contribution in [0.15, 0.2) is 47.9 Å². The van der Waals surface area contributed by atoms with Crippen molar-refractivity contribution >= 4 is 6.29 Å². The highest BCUT2D eigenvalue weighted by Crippen LogP contribution is 2.09. The molecule has 1 radical (unpaired) electrons. The summed E-state index contributed by atoms with van der Waals surface area (Å²) in [7, 11) is 0. The monoisotopic (exact) mass is 377 g/mol. The highest BCUT2D eigenvalue weighted by molar-refractivity contribution is 5.50. The highest BCUT2D eigenvalue weighted by Gasteiger charge is 2.09. The molecule has 0 aliphatic heterocycles. The summed E-state index contributed by atoms with van der Waals surface area (Å²) in [5.41, 5.74) is 0.106. The van der Waals surface area contributed by atoms with Crippen molar-refractivity contribution in [1.82, 2.24) is 0 Å². The number of hydrogen-bond acceptors (Lipinski definition) is 5. The minimum absolute atomic E-state index is 0.0397. The SMILES string of the molecule is CC/C(=C/C/C=C(/C/C=C/C/C=C/CCCCCC[C]=O)[N+](=O)[O-])[N+](=O)[O-]. The van der Waals surface area contributed by atoms with Crippen LogP contribution >= 0.6 is 0 Å². The van der Waals surface area contributed by atoms with Crippen molar-refractivity contribution in [2.45, 2.75) is 71.1 Å². The second-order valence-electron chi connectivity index (χ2n) is 5.97. The molecule has 0 aromatic heterocycles.